The molecule has 1 saturated heterocycles. The van der Waals surface area contributed by atoms with Crippen molar-refractivity contribution in [3.63, 3.8) is 0 Å². The summed E-state index contributed by atoms with van der Waals surface area (Å²) in [6.07, 6.45) is 0.968. The number of anilines is 1. The Bertz CT molecular complexity index is 1570. The van der Waals surface area contributed by atoms with Crippen molar-refractivity contribution in [2.45, 2.75) is 6.42 Å². The van der Waals surface area contributed by atoms with Crippen LogP contribution in [0.3, 0.4) is 0 Å². The van der Waals surface area contributed by atoms with Crippen LogP contribution in [0.1, 0.15) is 15.9 Å². The van der Waals surface area contributed by atoms with E-state index in [0.717, 1.165) is 61.2 Å². The largest absolute Gasteiger partial charge is 0.493 e. The van der Waals surface area contributed by atoms with Gasteiger partial charge in [0.25, 0.3) is 5.91 Å². The molecule has 9 heteroatoms. The van der Waals surface area contributed by atoms with Gasteiger partial charge >= 0.3 is 0 Å². The van der Waals surface area contributed by atoms with Gasteiger partial charge in [0.1, 0.15) is 0 Å². The lowest BCUT2D eigenvalue weighted by Crippen LogP contribution is -2.37. The van der Waals surface area contributed by atoms with E-state index in [2.05, 4.69) is 50.4 Å². The molecule has 0 saturated carbocycles. The number of carbonyl (C=O) groups is 1. The van der Waals surface area contributed by atoms with Crippen molar-refractivity contribution in [2.24, 2.45) is 0 Å². The molecule has 0 spiro atoms. The zero-order chi connectivity index (χ0) is 29.6. The Hall–Kier alpha value is -3.79. The third-order valence-electron chi connectivity index (χ3n) is 7.56. The monoisotopic (exact) mass is 634 g/mol. The highest BCUT2D eigenvalue weighted by Gasteiger charge is 2.23. The second-order valence-corrected chi connectivity index (χ2v) is 10.8. The SMILES string of the molecule is COc1ccc(Br)c(C(=O)Nc2cccc3c(-c4ccc(CCN5CCOCC5)cc4)c(OC)c(OC)cc23)c1OC. The van der Waals surface area contributed by atoms with Crippen LogP contribution in [-0.4, -0.2) is 72.1 Å². The van der Waals surface area contributed by atoms with Gasteiger partial charge in [0.15, 0.2) is 23.0 Å². The molecule has 1 aliphatic heterocycles. The average molecular weight is 636 g/mol. The molecule has 0 atom stereocenters. The number of nitrogens with one attached hydrogen (secondary N) is 1. The van der Waals surface area contributed by atoms with Gasteiger partial charge in [-0.15, -0.1) is 0 Å². The summed E-state index contributed by atoms with van der Waals surface area (Å²) >= 11 is 3.50. The highest BCUT2D eigenvalue weighted by atomic mass is 79.9. The lowest BCUT2D eigenvalue weighted by atomic mass is 9.94. The van der Waals surface area contributed by atoms with Gasteiger partial charge in [0.05, 0.1) is 47.2 Å². The van der Waals surface area contributed by atoms with E-state index < -0.39 is 0 Å². The van der Waals surface area contributed by atoms with Gasteiger partial charge in [-0.2, -0.15) is 0 Å². The number of methoxy groups -OCH3 is 4. The Morgan fingerprint density at radius 2 is 1.57 bits per heavy atom. The number of amides is 1. The minimum absolute atomic E-state index is 0.335. The summed E-state index contributed by atoms with van der Waals surface area (Å²) in [7, 11) is 6.30. The topological polar surface area (TPSA) is 78.5 Å². The fourth-order valence-corrected chi connectivity index (χ4v) is 5.87. The van der Waals surface area contributed by atoms with E-state index >= 15 is 0 Å². The fraction of sp³-hybridized carbons (Fsp3) is 0.303. The molecule has 0 bridgehead atoms. The van der Waals surface area contributed by atoms with Crippen molar-refractivity contribution in [3.8, 4) is 34.1 Å². The lowest BCUT2D eigenvalue weighted by Gasteiger charge is -2.26. The number of rotatable bonds is 10. The maximum atomic E-state index is 13.6. The molecular weight excluding hydrogens is 600 g/mol. The van der Waals surface area contributed by atoms with E-state index in [1.54, 1.807) is 26.4 Å². The van der Waals surface area contributed by atoms with Crippen LogP contribution in [0.4, 0.5) is 5.69 Å². The first-order valence-corrected chi connectivity index (χ1v) is 14.6. The quantitative estimate of drug-likeness (QED) is 0.215. The standard InChI is InChI=1S/C33H35BrN2O6/c1-38-27-13-12-25(34)30(31(27)40-3)33(37)35-26-7-5-6-23-24(26)20-28(39-2)32(41-4)29(23)22-10-8-21(9-11-22)14-15-36-16-18-42-19-17-36/h5-13,20H,14-19H2,1-4H3,(H,35,37). The van der Waals surface area contributed by atoms with E-state index in [9.17, 15) is 4.79 Å². The first-order chi connectivity index (χ1) is 20.5. The molecule has 8 nitrogen and oxygen atoms in total. The number of fused-ring (bicyclic) bond motifs is 1. The molecule has 220 valence electrons. The Morgan fingerprint density at radius 3 is 2.24 bits per heavy atom. The molecule has 1 heterocycles. The van der Waals surface area contributed by atoms with Crippen LogP contribution in [0, 0.1) is 0 Å². The van der Waals surface area contributed by atoms with Crippen molar-refractivity contribution < 1.29 is 28.5 Å². The minimum atomic E-state index is -0.342. The molecule has 0 unspecified atom stereocenters. The molecule has 0 aromatic heterocycles. The number of carbonyl (C=O) groups excluding carboxylic acids is 1. The lowest BCUT2D eigenvalue weighted by molar-refractivity contribution is 0.0384. The summed E-state index contributed by atoms with van der Waals surface area (Å²) in [6.45, 7) is 4.56. The third kappa shape index (κ3) is 6.04. The van der Waals surface area contributed by atoms with Crippen molar-refractivity contribution in [3.05, 3.63) is 76.3 Å². The van der Waals surface area contributed by atoms with Gasteiger partial charge in [-0.25, -0.2) is 0 Å². The van der Waals surface area contributed by atoms with Gasteiger partial charge in [-0.1, -0.05) is 36.4 Å². The maximum Gasteiger partial charge on any atom is 0.260 e. The number of benzene rings is 4. The molecule has 1 fully saturated rings. The Balaban J connectivity index is 1.52. The van der Waals surface area contributed by atoms with Crippen LogP contribution in [0.5, 0.6) is 23.0 Å². The second-order valence-electron chi connectivity index (χ2n) is 9.90. The van der Waals surface area contributed by atoms with E-state index in [1.807, 2.05) is 24.3 Å². The smallest absolute Gasteiger partial charge is 0.260 e. The molecule has 1 aliphatic rings. The first kappa shape index (κ1) is 29.7. The van der Waals surface area contributed by atoms with Crippen molar-refractivity contribution in [2.75, 3.05) is 66.6 Å². The molecule has 5 rings (SSSR count). The summed E-state index contributed by atoms with van der Waals surface area (Å²) in [5.41, 5.74) is 4.11. The zero-order valence-corrected chi connectivity index (χ0v) is 25.9. The van der Waals surface area contributed by atoms with Gasteiger partial charge in [-0.05, 0) is 63.1 Å². The van der Waals surface area contributed by atoms with Crippen LogP contribution >= 0.6 is 15.9 Å². The fourth-order valence-electron chi connectivity index (χ4n) is 5.38. The normalized spacial score (nSPS) is 13.5. The van der Waals surface area contributed by atoms with E-state index in [1.165, 1.54) is 19.8 Å². The van der Waals surface area contributed by atoms with Crippen LogP contribution in [0.15, 0.2) is 65.1 Å². The molecule has 4 aromatic carbocycles. The van der Waals surface area contributed by atoms with Crippen molar-refractivity contribution in [1.29, 1.82) is 0 Å². The van der Waals surface area contributed by atoms with Crippen molar-refractivity contribution >= 4 is 38.3 Å². The summed E-state index contributed by atoms with van der Waals surface area (Å²) in [6, 6.07) is 19.8. The predicted octanol–water partition coefficient (Wildman–Crippen LogP) is 6.43. The molecule has 1 amide bonds. The number of ether oxygens (including phenoxy) is 5. The maximum absolute atomic E-state index is 13.6. The van der Waals surface area contributed by atoms with Crippen LogP contribution in [0.25, 0.3) is 21.9 Å². The number of hydrogen-bond donors (Lipinski definition) is 1. The summed E-state index contributed by atoms with van der Waals surface area (Å²) in [5.74, 6) is 1.67. The average Bonchev–Trinajstić information content (AvgIpc) is 3.03. The van der Waals surface area contributed by atoms with E-state index in [-0.39, 0.29) is 5.91 Å². The molecule has 4 aromatic rings. The minimum Gasteiger partial charge on any atom is -0.493 e. The van der Waals surface area contributed by atoms with Gasteiger partial charge in [0.2, 0.25) is 0 Å². The van der Waals surface area contributed by atoms with Crippen LogP contribution in [-0.2, 0) is 11.2 Å². The van der Waals surface area contributed by atoms with E-state index in [0.29, 0.717) is 38.7 Å². The van der Waals surface area contributed by atoms with Gasteiger partial charge in [-0.3, -0.25) is 9.69 Å². The van der Waals surface area contributed by atoms with Crippen LogP contribution < -0.4 is 24.3 Å². The number of halogens is 1. The zero-order valence-electron chi connectivity index (χ0n) is 24.3. The second kappa shape index (κ2) is 13.5. The number of nitrogens with zero attached hydrogens (tertiary/aromatic N) is 1. The molecule has 0 radical (unpaired) electrons. The molecule has 1 N–H and O–H groups in total. The number of hydrogen-bond acceptors (Lipinski definition) is 7. The third-order valence-corrected chi connectivity index (χ3v) is 8.22. The first-order valence-electron chi connectivity index (χ1n) is 13.8. The van der Waals surface area contributed by atoms with Gasteiger partial charge in [0, 0.05) is 40.7 Å². The Labute approximate surface area is 254 Å². The molecule has 0 aliphatic carbocycles. The Morgan fingerprint density at radius 1 is 0.857 bits per heavy atom. The summed E-state index contributed by atoms with van der Waals surface area (Å²) < 4.78 is 28.7. The highest BCUT2D eigenvalue weighted by Crippen LogP contribution is 2.46. The van der Waals surface area contributed by atoms with Gasteiger partial charge < -0.3 is 29.0 Å². The highest BCUT2D eigenvalue weighted by molar-refractivity contribution is 9.10. The molecular formula is C33H35BrN2O6. The summed E-state index contributed by atoms with van der Waals surface area (Å²) in [5, 5.41) is 4.81. The summed E-state index contributed by atoms with van der Waals surface area (Å²) in [4.78, 5) is 16.1. The van der Waals surface area contributed by atoms with Crippen LogP contribution in [0.2, 0.25) is 0 Å². The molecule has 42 heavy (non-hydrogen) atoms. The number of morpholine rings is 1. The van der Waals surface area contributed by atoms with Crippen molar-refractivity contribution in [1.82, 2.24) is 4.90 Å². The predicted molar refractivity (Wildman–Crippen MR) is 169 cm³/mol. The Kier molecular flexibility index (Phi) is 9.51. The van der Waals surface area contributed by atoms with E-state index in [4.69, 9.17) is 23.7 Å².